The third kappa shape index (κ3) is 3.05. The first-order valence-corrected chi connectivity index (χ1v) is 7.05. The maximum Gasteiger partial charge on any atom is 0.339 e. The molecular formula is C14H17BrO3. The van der Waals surface area contributed by atoms with Crippen molar-refractivity contribution in [3.63, 3.8) is 0 Å². The summed E-state index contributed by atoms with van der Waals surface area (Å²) in [5.74, 6) is 0.267. The molecule has 1 aromatic carbocycles. The Hall–Kier alpha value is -1.03. The van der Waals surface area contributed by atoms with Crippen LogP contribution in [0.2, 0.25) is 0 Å². The highest BCUT2D eigenvalue weighted by atomic mass is 79.9. The Balaban J connectivity index is 2.15. The van der Waals surface area contributed by atoms with Crippen LogP contribution in [0.4, 0.5) is 0 Å². The van der Waals surface area contributed by atoms with Crippen molar-refractivity contribution in [3.05, 3.63) is 28.2 Å². The van der Waals surface area contributed by atoms with Crippen molar-refractivity contribution < 1.29 is 14.6 Å². The van der Waals surface area contributed by atoms with Crippen LogP contribution in [0, 0.1) is 5.92 Å². The molecule has 98 valence electrons. The summed E-state index contributed by atoms with van der Waals surface area (Å²) in [7, 11) is 0. The number of carbonyl (C=O) groups is 1. The van der Waals surface area contributed by atoms with Gasteiger partial charge in [0, 0.05) is 0 Å². The number of rotatable bonds is 3. The minimum absolute atomic E-state index is 0.137. The lowest BCUT2D eigenvalue weighted by Gasteiger charge is -2.27. The van der Waals surface area contributed by atoms with Gasteiger partial charge in [0.15, 0.2) is 0 Å². The molecule has 0 amide bonds. The van der Waals surface area contributed by atoms with E-state index in [2.05, 4.69) is 22.9 Å². The summed E-state index contributed by atoms with van der Waals surface area (Å²) < 4.78 is 6.61. The number of aromatic carboxylic acids is 1. The fraction of sp³-hybridized carbons (Fsp3) is 0.500. The molecule has 1 aromatic rings. The normalized spacial score (nSPS) is 23.7. The van der Waals surface area contributed by atoms with Crippen molar-refractivity contribution in [2.45, 2.75) is 38.7 Å². The molecule has 0 unspecified atom stereocenters. The van der Waals surface area contributed by atoms with E-state index in [-0.39, 0.29) is 11.7 Å². The maximum atomic E-state index is 11.2. The van der Waals surface area contributed by atoms with Crippen molar-refractivity contribution >= 4 is 21.9 Å². The van der Waals surface area contributed by atoms with E-state index < -0.39 is 5.97 Å². The monoisotopic (exact) mass is 312 g/mol. The number of hydrogen-bond donors (Lipinski definition) is 1. The van der Waals surface area contributed by atoms with E-state index in [1.165, 1.54) is 0 Å². The summed E-state index contributed by atoms with van der Waals surface area (Å²) in [4.78, 5) is 11.2. The Morgan fingerprint density at radius 1 is 1.33 bits per heavy atom. The highest BCUT2D eigenvalue weighted by Crippen LogP contribution is 2.33. The first kappa shape index (κ1) is 13.4. The van der Waals surface area contributed by atoms with Gasteiger partial charge in [-0.15, -0.1) is 0 Å². The van der Waals surface area contributed by atoms with Crippen LogP contribution < -0.4 is 4.74 Å². The highest BCUT2D eigenvalue weighted by Gasteiger charge is 2.23. The lowest BCUT2D eigenvalue weighted by atomic mass is 9.89. The molecule has 0 aliphatic heterocycles. The first-order chi connectivity index (χ1) is 8.58. The maximum absolute atomic E-state index is 11.2. The second-order valence-electron chi connectivity index (χ2n) is 4.92. The van der Waals surface area contributed by atoms with Gasteiger partial charge in [-0.2, -0.15) is 0 Å². The molecule has 1 fully saturated rings. The van der Waals surface area contributed by atoms with E-state index >= 15 is 0 Å². The van der Waals surface area contributed by atoms with Crippen LogP contribution in [0.15, 0.2) is 22.7 Å². The van der Waals surface area contributed by atoms with E-state index in [4.69, 9.17) is 9.84 Å². The molecule has 2 rings (SSSR count). The fourth-order valence-electron chi connectivity index (χ4n) is 2.31. The van der Waals surface area contributed by atoms with Crippen LogP contribution in [0.3, 0.4) is 0 Å². The smallest absolute Gasteiger partial charge is 0.339 e. The van der Waals surface area contributed by atoms with Gasteiger partial charge >= 0.3 is 5.97 Å². The van der Waals surface area contributed by atoms with Crippen LogP contribution in [-0.4, -0.2) is 17.2 Å². The summed E-state index contributed by atoms with van der Waals surface area (Å²) in [6, 6.07) is 5.10. The molecule has 0 spiro atoms. The molecule has 0 heterocycles. The lowest BCUT2D eigenvalue weighted by Crippen LogP contribution is -2.24. The zero-order valence-electron chi connectivity index (χ0n) is 10.4. The number of benzene rings is 1. The zero-order valence-corrected chi connectivity index (χ0v) is 11.9. The average molecular weight is 313 g/mol. The van der Waals surface area contributed by atoms with E-state index in [0.717, 1.165) is 31.6 Å². The van der Waals surface area contributed by atoms with Crippen LogP contribution in [-0.2, 0) is 0 Å². The highest BCUT2D eigenvalue weighted by molar-refractivity contribution is 9.10. The summed E-state index contributed by atoms with van der Waals surface area (Å²) in [6.45, 7) is 2.25. The molecule has 0 aromatic heterocycles. The Kier molecular flexibility index (Phi) is 4.27. The largest absolute Gasteiger partial charge is 0.488 e. The summed E-state index contributed by atoms with van der Waals surface area (Å²) >= 11 is 3.37. The Morgan fingerprint density at radius 2 is 2.00 bits per heavy atom. The number of halogens is 1. The van der Waals surface area contributed by atoms with Crippen molar-refractivity contribution in [1.29, 1.82) is 0 Å². The van der Waals surface area contributed by atoms with Gasteiger partial charge in [-0.1, -0.05) is 13.0 Å². The molecule has 0 saturated heterocycles. The van der Waals surface area contributed by atoms with Gasteiger partial charge < -0.3 is 9.84 Å². The van der Waals surface area contributed by atoms with Crippen molar-refractivity contribution in [2.24, 2.45) is 5.92 Å². The van der Waals surface area contributed by atoms with Gasteiger partial charge in [0.05, 0.1) is 10.6 Å². The fourth-order valence-corrected chi connectivity index (χ4v) is 2.77. The lowest BCUT2D eigenvalue weighted by molar-refractivity contribution is 0.0683. The standard InChI is InChI=1S/C14H17BrO3/c1-9-5-7-10(8-6-9)18-13-11(14(16)17)3-2-4-12(13)15/h2-4,9-10H,5-8H2,1H3,(H,16,17). The first-order valence-electron chi connectivity index (χ1n) is 6.26. The topological polar surface area (TPSA) is 46.5 Å². The molecule has 1 N–H and O–H groups in total. The molecule has 1 aliphatic carbocycles. The van der Waals surface area contributed by atoms with Gasteiger partial charge in [0.25, 0.3) is 0 Å². The molecule has 4 heteroatoms. The second kappa shape index (κ2) is 5.74. The summed E-state index contributed by atoms with van der Waals surface area (Å²) in [5.41, 5.74) is 0.225. The second-order valence-corrected chi connectivity index (χ2v) is 5.78. The number of carboxylic acid groups (broad SMARTS) is 1. The molecule has 1 saturated carbocycles. The van der Waals surface area contributed by atoms with Gasteiger partial charge in [-0.25, -0.2) is 4.79 Å². The van der Waals surface area contributed by atoms with E-state index in [9.17, 15) is 4.79 Å². The SMILES string of the molecule is CC1CCC(Oc2c(Br)cccc2C(=O)O)CC1. The predicted molar refractivity (Wildman–Crippen MR) is 73.1 cm³/mol. The van der Waals surface area contributed by atoms with E-state index in [1.54, 1.807) is 12.1 Å². The Bertz CT molecular complexity index is 437. The van der Waals surface area contributed by atoms with Crippen LogP contribution in [0.25, 0.3) is 0 Å². The van der Waals surface area contributed by atoms with Crippen LogP contribution in [0.1, 0.15) is 43.0 Å². The van der Waals surface area contributed by atoms with Gasteiger partial charge in [0.1, 0.15) is 11.3 Å². The Morgan fingerprint density at radius 3 is 2.61 bits per heavy atom. The van der Waals surface area contributed by atoms with Crippen LogP contribution in [0.5, 0.6) is 5.75 Å². The van der Waals surface area contributed by atoms with E-state index in [1.807, 2.05) is 6.07 Å². The molecule has 1 aliphatic rings. The number of ether oxygens (including phenoxy) is 1. The molecule has 0 radical (unpaired) electrons. The quantitative estimate of drug-likeness (QED) is 0.913. The molecular weight excluding hydrogens is 296 g/mol. The predicted octanol–water partition coefficient (Wildman–Crippen LogP) is 4.10. The average Bonchev–Trinajstić information content (AvgIpc) is 2.34. The summed E-state index contributed by atoms with van der Waals surface area (Å²) in [6.07, 6.45) is 4.44. The number of para-hydroxylation sites is 1. The third-order valence-electron chi connectivity index (χ3n) is 3.44. The molecule has 0 bridgehead atoms. The molecule has 0 atom stereocenters. The number of carboxylic acids is 1. The Labute approximate surface area is 115 Å². The third-order valence-corrected chi connectivity index (χ3v) is 4.07. The number of hydrogen-bond acceptors (Lipinski definition) is 2. The van der Waals surface area contributed by atoms with Crippen molar-refractivity contribution in [1.82, 2.24) is 0 Å². The van der Waals surface area contributed by atoms with Gasteiger partial charge in [-0.05, 0) is 59.7 Å². The van der Waals surface area contributed by atoms with Crippen molar-refractivity contribution in [2.75, 3.05) is 0 Å². The summed E-state index contributed by atoms with van der Waals surface area (Å²) in [5, 5.41) is 9.16. The minimum Gasteiger partial charge on any atom is -0.488 e. The molecule has 18 heavy (non-hydrogen) atoms. The van der Waals surface area contributed by atoms with Gasteiger partial charge in [-0.3, -0.25) is 0 Å². The van der Waals surface area contributed by atoms with Gasteiger partial charge in [0.2, 0.25) is 0 Å². The van der Waals surface area contributed by atoms with Crippen LogP contribution >= 0.6 is 15.9 Å². The minimum atomic E-state index is -0.949. The zero-order chi connectivity index (χ0) is 13.1. The van der Waals surface area contributed by atoms with Crippen molar-refractivity contribution in [3.8, 4) is 5.75 Å². The van der Waals surface area contributed by atoms with E-state index in [0.29, 0.717) is 10.2 Å². The molecule has 3 nitrogen and oxygen atoms in total.